The number of halogens is 3. The number of benzene rings is 4. The van der Waals surface area contributed by atoms with Crippen molar-refractivity contribution in [3.05, 3.63) is 137 Å². The molecule has 556 valence electrons. The molecule has 12 atom stereocenters. The molecule has 0 unspecified atom stereocenters. The number of methoxy groups -OCH3 is 1. The van der Waals surface area contributed by atoms with Crippen molar-refractivity contribution in [1.82, 2.24) is 67.6 Å². The monoisotopic (exact) mass is 1440 g/mol. The number of ether oxygens (including phenoxy) is 1. The van der Waals surface area contributed by atoms with Crippen LogP contribution in [0.15, 0.2) is 97.3 Å². The first-order valence-electron chi connectivity index (χ1n) is 34.3. The maximum Gasteiger partial charge on any atom is 0.246 e. The Morgan fingerprint density at radius 2 is 1.28 bits per heavy atom. The van der Waals surface area contributed by atoms with E-state index in [9.17, 15) is 52.6 Å². The van der Waals surface area contributed by atoms with Crippen LogP contribution in [0.1, 0.15) is 100 Å². The second kappa shape index (κ2) is 34.4. The van der Waals surface area contributed by atoms with Crippen molar-refractivity contribution in [1.29, 1.82) is 0 Å². The number of nitrogens with one attached hydrogen (secondary N) is 11. The SMILES string of the molecule is COc1ccc(C[C@@H]2NC(=O)[C@H]([C@@H](C)O)NC(=O)[C@@H]3C[C@H](F)CN3C(=O)[C@H](Cc3c[nH]c4ccc(F)cc34)NC(=O)[C@H](Cc3c[nH]c4ccc(F)cc34)NC(=O)[C@@H](C)NC(=O)[C@H](CCCCN)NC(=O)[C@@H](NC(C)=O)CC(=O)NCc3ccc(cc3)C[C@@H](C(N)=O)NC(=O)[C@]3(C)CCCN3C2=O)cc1. The number of aliphatic hydroxyl groups excluding tert-OH is 1. The molecule has 6 aromatic rings. The van der Waals surface area contributed by atoms with E-state index in [0.29, 0.717) is 39.9 Å². The minimum atomic E-state index is -1.92. The third-order valence-electron chi connectivity index (χ3n) is 19.1. The summed E-state index contributed by atoms with van der Waals surface area (Å²) in [6.07, 6.45) is -2.39. The van der Waals surface area contributed by atoms with Gasteiger partial charge in [-0.05, 0) is 136 Å². The third kappa shape index (κ3) is 19.2. The molecule has 2 aromatic heterocycles. The number of nitrogens with two attached hydrogens (primary N) is 2. The van der Waals surface area contributed by atoms with Crippen LogP contribution < -0.4 is 64.1 Å². The van der Waals surface area contributed by atoms with Crippen LogP contribution in [-0.4, -0.2) is 195 Å². The number of aromatic nitrogens is 2. The number of hydrogen-bond acceptors (Lipinski definition) is 15. The number of hydrogen-bond donors (Lipinski definition) is 14. The van der Waals surface area contributed by atoms with Crippen LogP contribution in [0.3, 0.4) is 0 Å². The summed E-state index contributed by atoms with van der Waals surface area (Å²) >= 11 is 0. The smallest absolute Gasteiger partial charge is 0.246 e. The number of rotatable bonds is 14. The largest absolute Gasteiger partial charge is 0.497 e. The fourth-order valence-corrected chi connectivity index (χ4v) is 13.3. The van der Waals surface area contributed by atoms with Gasteiger partial charge in [-0.2, -0.15) is 0 Å². The van der Waals surface area contributed by atoms with Crippen LogP contribution in [-0.2, 0) is 89.8 Å². The molecule has 12 amide bonds. The number of amides is 12. The lowest BCUT2D eigenvalue weighted by Gasteiger charge is -2.37. The Bertz CT molecular complexity index is 4190. The van der Waals surface area contributed by atoms with E-state index in [-0.39, 0.29) is 80.1 Å². The molecule has 32 heteroatoms. The Morgan fingerprint density at radius 1 is 0.692 bits per heavy atom. The molecule has 16 N–H and O–H groups in total. The van der Waals surface area contributed by atoms with Gasteiger partial charge in [0.05, 0.1) is 26.2 Å². The van der Waals surface area contributed by atoms with Gasteiger partial charge in [0.15, 0.2) is 0 Å². The summed E-state index contributed by atoms with van der Waals surface area (Å²) < 4.78 is 51.5. The van der Waals surface area contributed by atoms with E-state index in [1.165, 1.54) is 68.6 Å². The molecule has 0 aliphatic carbocycles. The fraction of sp³-hybridized carbons (Fsp3) is 0.444. The van der Waals surface area contributed by atoms with E-state index < -0.39 is 187 Å². The molecule has 2 bridgehead atoms. The number of aliphatic hydroxyl groups is 1. The lowest BCUT2D eigenvalue weighted by atomic mass is 9.94. The Hall–Kier alpha value is -10.9. The number of alkyl halides is 1. The van der Waals surface area contributed by atoms with Crippen LogP contribution >= 0.6 is 0 Å². The van der Waals surface area contributed by atoms with Crippen LogP contribution in [0.5, 0.6) is 5.75 Å². The summed E-state index contributed by atoms with van der Waals surface area (Å²) in [5.41, 5.74) is 12.9. The fourth-order valence-electron chi connectivity index (χ4n) is 13.3. The average molecular weight is 1440 g/mol. The normalized spacial score (nSPS) is 25.3. The summed E-state index contributed by atoms with van der Waals surface area (Å²) in [6, 6.07) is 5.96. The standard InChI is InChI=1S/C72H88F3N15O14/c1-37-63(95)84-55(27-43-34-78-51-20-16-45(73)29-49(43)51)65(97)85-58(28-44-35-79-52-21-17-46(74)30-50(44)52)69(101)89-36-47(75)31-59(89)67(99)88-61(38(2)91)68(100)86-57(26-41-14-18-48(104-5)19-15-41)70(102)90-24-8-22-72(90,4)71(103)87-54(62(77)94)25-40-10-12-42(13-11-40)33-80-60(93)32-56(82-39(3)92)66(98)83-53(64(96)81-37)9-6-7-23-76/h10-21,29-30,34-35,37-38,47,53-59,61,78-79,91H,6-9,22-28,31-33,36,76H2,1-5H3,(H2,77,94)(H,80,93)(H,81,96)(H,82,92)(H,83,98)(H,84,95)(H,85,97)(H,86,100)(H,87,103)(H,88,99)/t37-,38-,47+,53+,54+,55+,56+,57+,58+,59+,61+,72+/m1/s1. The quantitative estimate of drug-likeness (QED) is 0.0521. The number of aromatic amines is 2. The van der Waals surface area contributed by atoms with E-state index in [2.05, 4.69) is 57.8 Å². The molecule has 2 saturated heterocycles. The van der Waals surface area contributed by atoms with Crippen molar-refractivity contribution < 1.29 is 80.5 Å². The van der Waals surface area contributed by atoms with Crippen molar-refractivity contribution >= 4 is 92.7 Å². The van der Waals surface area contributed by atoms with E-state index in [1.54, 1.807) is 48.5 Å². The number of carbonyl (C=O) groups is 12. The Morgan fingerprint density at radius 3 is 1.88 bits per heavy atom. The van der Waals surface area contributed by atoms with Gasteiger partial charge >= 0.3 is 0 Å². The highest BCUT2D eigenvalue weighted by Crippen LogP contribution is 2.32. The maximum atomic E-state index is 16.2. The number of fused-ring (bicyclic) bond motifs is 30. The van der Waals surface area contributed by atoms with Gasteiger partial charge in [0.1, 0.15) is 83.5 Å². The number of H-pyrrole nitrogens is 2. The highest BCUT2D eigenvalue weighted by molar-refractivity contribution is 6.01. The summed E-state index contributed by atoms with van der Waals surface area (Å²) in [4.78, 5) is 181. The lowest BCUT2D eigenvalue weighted by molar-refractivity contribution is -0.147. The number of primary amides is 1. The zero-order valence-corrected chi connectivity index (χ0v) is 58.1. The van der Waals surface area contributed by atoms with Crippen LogP contribution in [0.2, 0.25) is 0 Å². The highest BCUT2D eigenvalue weighted by atomic mass is 19.1. The third-order valence-corrected chi connectivity index (χ3v) is 19.1. The lowest BCUT2D eigenvalue weighted by Crippen LogP contribution is -2.64. The number of nitrogens with zero attached hydrogens (tertiary/aromatic N) is 2. The van der Waals surface area contributed by atoms with Gasteiger partial charge in [0.25, 0.3) is 0 Å². The molecule has 29 nitrogen and oxygen atoms in total. The summed E-state index contributed by atoms with van der Waals surface area (Å²) in [7, 11) is 1.44. The topological polar surface area (TPSA) is 433 Å². The Balaban J connectivity index is 1.08. The summed E-state index contributed by atoms with van der Waals surface area (Å²) in [5.74, 6) is -12.1. The van der Waals surface area contributed by atoms with Crippen molar-refractivity contribution in [2.75, 3.05) is 26.7 Å². The van der Waals surface area contributed by atoms with Crippen molar-refractivity contribution in [2.24, 2.45) is 11.5 Å². The predicted octanol–water partition coefficient (Wildman–Crippen LogP) is 0.460. The molecule has 4 aliphatic heterocycles. The molecule has 104 heavy (non-hydrogen) atoms. The number of unbranched alkanes of at least 4 members (excludes halogenated alkanes) is 1. The minimum absolute atomic E-state index is 0.0163. The zero-order chi connectivity index (χ0) is 75.3. The molecule has 6 heterocycles. The molecular formula is C72H88F3N15O14. The van der Waals surface area contributed by atoms with E-state index in [0.717, 1.165) is 24.8 Å². The molecule has 10 rings (SSSR count). The van der Waals surface area contributed by atoms with Gasteiger partial charge in [-0.15, -0.1) is 0 Å². The maximum absolute atomic E-state index is 16.2. The van der Waals surface area contributed by atoms with Gasteiger partial charge in [-0.1, -0.05) is 36.4 Å². The minimum Gasteiger partial charge on any atom is -0.497 e. The molecule has 0 saturated carbocycles. The second-order valence-electron chi connectivity index (χ2n) is 26.8. The molecule has 4 aliphatic rings. The molecular weight excluding hydrogens is 1360 g/mol. The van der Waals surface area contributed by atoms with E-state index in [1.807, 2.05) is 0 Å². The van der Waals surface area contributed by atoms with Crippen molar-refractivity contribution in [2.45, 2.75) is 177 Å². The zero-order valence-electron chi connectivity index (χ0n) is 58.1. The van der Waals surface area contributed by atoms with Gasteiger partial charge in [-0.3, -0.25) is 57.5 Å². The van der Waals surface area contributed by atoms with Crippen LogP contribution in [0, 0.1) is 11.6 Å². The van der Waals surface area contributed by atoms with Crippen LogP contribution in [0.4, 0.5) is 13.2 Å². The van der Waals surface area contributed by atoms with Crippen LogP contribution in [0.25, 0.3) is 21.8 Å². The van der Waals surface area contributed by atoms with E-state index in [4.69, 9.17) is 16.2 Å². The van der Waals surface area contributed by atoms with Gasteiger partial charge < -0.3 is 88.9 Å². The first-order valence-corrected chi connectivity index (χ1v) is 34.3. The predicted molar refractivity (Wildman–Crippen MR) is 372 cm³/mol. The molecule has 0 spiro atoms. The summed E-state index contributed by atoms with van der Waals surface area (Å²) in [6.45, 7) is 4.33. The van der Waals surface area contributed by atoms with Gasteiger partial charge in [0, 0.05) is 86.3 Å². The van der Waals surface area contributed by atoms with Crippen molar-refractivity contribution in [3.8, 4) is 5.75 Å². The van der Waals surface area contributed by atoms with Gasteiger partial charge in [-0.25, -0.2) is 13.2 Å². The van der Waals surface area contributed by atoms with Gasteiger partial charge in [0.2, 0.25) is 70.9 Å². The Kier molecular flexibility index (Phi) is 25.6. The first-order chi connectivity index (χ1) is 49.5. The Labute approximate surface area is 596 Å². The number of carbonyl (C=O) groups excluding carboxylic acids is 12. The molecule has 4 aromatic carbocycles. The molecule has 2 fully saturated rings. The highest BCUT2D eigenvalue weighted by Gasteiger charge is 2.50. The first kappa shape index (κ1) is 77.3. The second-order valence-corrected chi connectivity index (χ2v) is 26.8. The summed E-state index contributed by atoms with van der Waals surface area (Å²) in [5, 5.41) is 35.3. The average Bonchev–Trinajstić information content (AvgIpc) is 1.62. The molecule has 0 radical (unpaired) electrons. The van der Waals surface area contributed by atoms with E-state index >= 15 is 23.2 Å². The van der Waals surface area contributed by atoms with Crippen molar-refractivity contribution in [3.63, 3.8) is 0 Å².